The summed E-state index contributed by atoms with van der Waals surface area (Å²) in [5, 5.41) is 34.9. The van der Waals surface area contributed by atoms with Crippen LogP contribution >= 0.6 is 0 Å². The highest BCUT2D eigenvalue weighted by atomic mass is 16.5. The fourth-order valence-corrected chi connectivity index (χ4v) is 2.65. The molecule has 2 unspecified atom stereocenters. The molecule has 0 spiro atoms. The summed E-state index contributed by atoms with van der Waals surface area (Å²) in [6.07, 6.45) is 0.351. The number of amides is 1. The van der Waals surface area contributed by atoms with E-state index in [1.807, 2.05) is 37.3 Å². The van der Waals surface area contributed by atoms with Crippen molar-refractivity contribution >= 4 is 6.09 Å². The predicted molar refractivity (Wildman–Crippen MR) is 106 cm³/mol. The molecule has 0 radical (unpaired) electrons. The first kappa shape index (κ1) is 21.5. The van der Waals surface area contributed by atoms with Crippen LogP contribution in [0.2, 0.25) is 0 Å². The number of hydrogen-bond donors (Lipinski definition) is 5. The van der Waals surface area contributed by atoms with E-state index in [9.17, 15) is 20.1 Å². The highest BCUT2D eigenvalue weighted by Gasteiger charge is 2.12. The number of benzene rings is 2. The molecule has 0 saturated heterocycles. The summed E-state index contributed by atoms with van der Waals surface area (Å²) < 4.78 is 5.14. The van der Waals surface area contributed by atoms with Gasteiger partial charge >= 0.3 is 6.09 Å². The van der Waals surface area contributed by atoms with Gasteiger partial charge in [0.25, 0.3) is 0 Å². The molecule has 7 nitrogen and oxygen atoms in total. The second kappa shape index (κ2) is 11.2. The maximum atomic E-state index is 11.7. The second-order valence-corrected chi connectivity index (χ2v) is 6.70. The topological polar surface area (TPSA) is 111 Å². The van der Waals surface area contributed by atoms with E-state index in [1.54, 1.807) is 6.07 Å². The van der Waals surface area contributed by atoms with Crippen LogP contribution in [0, 0.1) is 0 Å². The lowest BCUT2D eigenvalue weighted by Crippen LogP contribution is -2.32. The molecule has 0 aliphatic heterocycles. The number of phenolic OH excluding ortho intramolecular Hbond substituents is 2. The summed E-state index contributed by atoms with van der Waals surface area (Å²) in [6.45, 7) is 3.07. The molecule has 1 amide bonds. The van der Waals surface area contributed by atoms with Crippen LogP contribution in [0.4, 0.5) is 4.79 Å². The Hall–Kier alpha value is -2.77. The fourth-order valence-electron chi connectivity index (χ4n) is 2.65. The van der Waals surface area contributed by atoms with Crippen LogP contribution in [-0.4, -0.2) is 40.5 Å². The lowest BCUT2D eigenvalue weighted by atomic mass is 10.1. The SMILES string of the molecule is CC(CCCNC(=O)OCc1ccccc1)NCC(O)c1ccc(O)c(O)c1. The normalized spacial score (nSPS) is 12.9. The zero-order chi connectivity index (χ0) is 20.4. The summed E-state index contributed by atoms with van der Waals surface area (Å²) in [5.74, 6) is -0.470. The fraction of sp³-hybridized carbons (Fsp3) is 0.381. The number of alkyl carbamates (subject to hydrolysis) is 1. The number of aliphatic hydroxyl groups excluding tert-OH is 1. The molecule has 2 rings (SSSR count). The molecule has 0 heterocycles. The first-order valence-electron chi connectivity index (χ1n) is 9.33. The zero-order valence-corrected chi connectivity index (χ0v) is 16.0. The Morgan fingerprint density at radius 3 is 2.57 bits per heavy atom. The quantitative estimate of drug-likeness (QED) is 0.316. The number of rotatable bonds is 10. The summed E-state index contributed by atoms with van der Waals surface area (Å²) in [6, 6.07) is 13.9. The Kier molecular flexibility index (Phi) is 8.58. The molecular formula is C21H28N2O5. The second-order valence-electron chi connectivity index (χ2n) is 6.70. The van der Waals surface area contributed by atoms with Crippen LogP contribution < -0.4 is 10.6 Å². The molecule has 0 saturated carbocycles. The lowest BCUT2D eigenvalue weighted by molar-refractivity contribution is 0.139. The van der Waals surface area contributed by atoms with Crippen LogP contribution in [0.3, 0.4) is 0 Å². The van der Waals surface area contributed by atoms with E-state index in [2.05, 4.69) is 10.6 Å². The third kappa shape index (κ3) is 7.46. The lowest BCUT2D eigenvalue weighted by Gasteiger charge is -2.18. The van der Waals surface area contributed by atoms with Crippen LogP contribution in [0.1, 0.15) is 37.0 Å². The van der Waals surface area contributed by atoms with Gasteiger partial charge in [-0.05, 0) is 43.0 Å². The van der Waals surface area contributed by atoms with Crippen LogP contribution in [-0.2, 0) is 11.3 Å². The minimum absolute atomic E-state index is 0.141. The molecule has 2 aromatic rings. The smallest absolute Gasteiger partial charge is 0.407 e. The minimum atomic E-state index is -0.792. The summed E-state index contributed by atoms with van der Waals surface area (Å²) in [7, 11) is 0. The van der Waals surface area contributed by atoms with Crippen LogP contribution in [0.5, 0.6) is 11.5 Å². The van der Waals surface area contributed by atoms with Gasteiger partial charge in [-0.2, -0.15) is 0 Å². The van der Waals surface area contributed by atoms with Crippen molar-refractivity contribution in [3.63, 3.8) is 0 Å². The van der Waals surface area contributed by atoms with Gasteiger partial charge in [-0.3, -0.25) is 0 Å². The van der Waals surface area contributed by atoms with Crippen LogP contribution in [0.25, 0.3) is 0 Å². The molecule has 0 aromatic heterocycles. The Balaban J connectivity index is 1.57. The summed E-state index contributed by atoms with van der Waals surface area (Å²) in [4.78, 5) is 11.7. The molecule has 152 valence electrons. The first-order chi connectivity index (χ1) is 13.5. The van der Waals surface area contributed by atoms with Crippen molar-refractivity contribution in [3.8, 4) is 11.5 Å². The van der Waals surface area contributed by atoms with Gasteiger partial charge in [-0.15, -0.1) is 0 Å². The standard InChI is InChI=1S/C21H28N2O5/c1-15(23-13-20(26)17-9-10-18(24)19(25)12-17)6-5-11-22-21(27)28-14-16-7-3-2-4-8-16/h2-4,7-10,12,15,20,23-26H,5-6,11,13-14H2,1H3,(H,22,27). The highest BCUT2D eigenvalue weighted by Crippen LogP contribution is 2.27. The van der Waals surface area contributed by atoms with E-state index in [4.69, 9.17) is 4.74 Å². The van der Waals surface area contributed by atoms with E-state index in [1.165, 1.54) is 12.1 Å². The van der Waals surface area contributed by atoms with Crippen molar-refractivity contribution in [2.24, 2.45) is 0 Å². The number of hydrogen-bond acceptors (Lipinski definition) is 6. The van der Waals surface area contributed by atoms with Gasteiger partial charge in [0.05, 0.1) is 6.10 Å². The Labute approximate surface area is 165 Å². The summed E-state index contributed by atoms with van der Waals surface area (Å²) in [5.41, 5.74) is 1.47. The van der Waals surface area contributed by atoms with Crippen molar-refractivity contribution < 1.29 is 24.9 Å². The van der Waals surface area contributed by atoms with Gasteiger partial charge in [0, 0.05) is 19.1 Å². The van der Waals surface area contributed by atoms with Crippen molar-refractivity contribution in [2.75, 3.05) is 13.1 Å². The van der Waals surface area contributed by atoms with E-state index >= 15 is 0 Å². The van der Waals surface area contributed by atoms with Crippen molar-refractivity contribution in [3.05, 3.63) is 59.7 Å². The average molecular weight is 388 g/mol. The molecule has 0 fully saturated rings. The maximum absolute atomic E-state index is 11.7. The molecule has 5 N–H and O–H groups in total. The average Bonchev–Trinajstić information content (AvgIpc) is 2.70. The summed E-state index contributed by atoms with van der Waals surface area (Å²) >= 11 is 0. The molecule has 7 heteroatoms. The Morgan fingerprint density at radius 1 is 1.11 bits per heavy atom. The van der Waals surface area contributed by atoms with Gasteiger partial charge in [0.15, 0.2) is 11.5 Å². The van der Waals surface area contributed by atoms with E-state index in [0.717, 1.165) is 18.4 Å². The number of nitrogens with one attached hydrogen (secondary N) is 2. The molecule has 0 aliphatic rings. The van der Waals surface area contributed by atoms with Crippen molar-refractivity contribution in [2.45, 2.75) is 38.5 Å². The monoisotopic (exact) mass is 388 g/mol. The molecule has 2 aromatic carbocycles. The third-order valence-corrected chi connectivity index (χ3v) is 4.34. The number of phenols is 2. The molecule has 2 atom stereocenters. The zero-order valence-electron chi connectivity index (χ0n) is 16.0. The molecule has 0 aliphatic carbocycles. The van der Waals surface area contributed by atoms with Gasteiger partial charge in [0.1, 0.15) is 6.61 Å². The van der Waals surface area contributed by atoms with E-state index < -0.39 is 12.2 Å². The molecular weight excluding hydrogens is 360 g/mol. The van der Waals surface area contributed by atoms with Gasteiger partial charge in [0.2, 0.25) is 0 Å². The highest BCUT2D eigenvalue weighted by molar-refractivity contribution is 5.67. The first-order valence-corrected chi connectivity index (χ1v) is 9.33. The maximum Gasteiger partial charge on any atom is 0.407 e. The molecule has 28 heavy (non-hydrogen) atoms. The Bertz CT molecular complexity index is 739. The van der Waals surface area contributed by atoms with Gasteiger partial charge in [-0.1, -0.05) is 36.4 Å². The van der Waals surface area contributed by atoms with Crippen molar-refractivity contribution in [1.29, 1.82) is 0 Å². The van der Waals surface area contributed by atoms with E-state index in [0.29, 0.717) is 18.7 Å². The van der Waals surface area contributed by atoms with Crippen LogP contribution in [0.15, 0.2) is 48.5 Å². The number of aromatic hydroxyl groups is 2. The van der Waals surface area contributed by atoms with Crippen molar-refractivity contribution in [1.82, 2.24) is 10.6 Å². The largest absolute Gasteiger partial charge is 0.504 e. The van der Waals surface area contributed by atoms with E-state index in [-0.39, 0.29) is 24.1 Å². The number of aliphatic hydroxyl groups is 1. The number of ether oxygens (including phenoxy) is 1. The Morgan fingerprint density at radius 2 is 1.86 bits per heavy atom. The number of carbonyl (C=O) groups excluding carboxylic acids is 1. The predicted octanol–water partition coefficient (Wildman–Crippen LogP) is 2.82. The number of carbonyl (C=O) groups is 1. The molecule has 0 bridgehead atoms. The third-order valence-electron chi connectivity index (χ3n) is 4.34. The van der Waals surface area contributed by atoms with Gasteiger partial charge < -0.3 is 30.7 Å². The van der Waals surface area contributed by atoms with Gasteiger partial charge in [-0.25, -0.2) is 4.79 Å². The minimum Gasteiger partial charge on any atom is -0.504 e.